The van der Waals surface area contributed by atoms with Crippen molar-refractivity contribution in [3.63, 3.8) is 0 Å². The first-order valence-electron chi connectivity index (χ1n) is 12.3. The average molecular weight is 695 g/mol. The van der Waals surface area contributed by atoms with Crippen LogP contribution in [0, 0.1) is 3.57 Å². The van der Waals surface area contributed by atoms with Gasteiger partial charge in [-0.2, -0.15) is 0 Å². The summed E-state index contributed by atoms with van der Waals surface area (Å²) < 4.78 is 17.8. The van der Waals surface area contributed by atoms with Gasteiger partial charge in [0.15, 0.2) is 11.5 Å². The molecule has 1 aliphatic rings. The third kappa shape index (κ3) is 6.89. The fourth-order valence-electron chi connectivity index (χ4n) is 3.83. The fourth-order valence-corrected chi connectivity index (χ4v) is 4.93. The number of hydrogen-bond donors (Lipinski definition) is 1. The zero-order chi connectivity index (χ0) is 28.8. The first-order valence-corrected chi connectivity index (χ1v) is 14.1. The predicted octanol–water partition coefficient (Wildman–Crippen LogP) is 7.03. The molecule has 4 amide bonds. The minimum Gasteiger partial charge on any atom is -0.494 e. The van der Waals surface area contributed by atoms with E-state index in [2.05, 4.69) is 34.8 Å². The van der Waals surface area contributed by atoms with Gasteiger partial charge in [0.25, 0.3) is 11.8 Å². The zero-order valence-corrected chi connectivity index (χ0v) is 25.3. The summed E-state index contributed by atoms with van der Waals surface area (Å²) in [6, 6.07) is 14.3. The Morgan fingerprint density at radius 2 is 1.73 bits per heavy atom. The van der Waals surface area contributed by atoms with Crippen LogP contribution in [0.15, 0.2) is 60.2 Å². The number of benzene rings is 3. The Hall–Kier alpha value is -3.28. The van der Waals surface area contributed by atoms with Crippen LogP contribution in [-0.2, 0) is 16.2 Å². The predicted molar refractivity (Wildman–Crippen MR) is 162 cm³/mol. The van der Waals surface area contributed by atoms with Gasteiger partial charge in [0, 0.05) is 0 Å². The second-order valence-corrected chi connectivity index (χ2v) is 10.7. The number of unbranched alkanes of at least 4 members (excludes halogenated alkanes) is 1. The van der Waals surface area contributed by atoms with Gasteiger partial charge in [-0.3, -0.25) is 14.9 Å². The monoisotopic (exact) mass is 694 g/mol. The van der Waals surface area contributed by atoms with Crippen LogP contribution < -0.4 is 24.4 Å². The maximum atomic E-state index is 13.3. The molecule has 0 spiro atoms. The van der Waals surface area contributed by atoms with Crippen molar-refractivity contribution in [2.24, 2.45) is 0 Å². The fraction of sp³-hybridized carbons (Fsp3) is 0.207. The first kappa shape index (κ1) is 29.7. The van der Waals surface area contributed by atoms with Crippen LogP contribution in [0.4, 0.5) is 10.5 Å². The van der Waals surface area contributed by atoms with E-state index in [1.165, 1.54) is 13.2 Å². The molecule has 1 aliphatic heterocycles. The highest BCUT2D eigenvalue weighted by atomic mass is 127. The van der Waals surface area contributed by atoms with Crippen LogP contribution in [0.5, 0.6) is 17.2 Å². The van der Waals surface area contributed by atoms with E-state index in [0.29, 0.717) is 48.7 Å². The van der Waals surface area contributed by atoms with E-state index in [9.17, 15) is 14.4 Å². The number of anilines is 1. The van der Waals surface area contributed by atoms with Crippen LogP contribution in [0.2, 0.25) is 10.0 Å². The van der Waals surface area contributed by atoms with Crippen LogP contribution >= 0.6 is 45.8 Å². The summed E-state index contributed by atoms with van der Waals surface area (Å²) in [4.78, 5) is 39.5. The lowest BCUT2D eigenvalue weighted by atomic mass is 10.1. The molecule has 0 unspecified atom stereocenters. The molecular weight excluding hydrogens is 670 g/mol. The molecular formula is C29H25Cl2IN2O6. The maximum Gasteiger partial charge on any atom is 0.335 e. The van der Waals surface area contributed by atoms with E-state index >= 15 is 0 Å². The van der Waals surface area contributed by atoms with E-state index in [0.717, 1.165) is 23.3 Å². The number of rotatable bonds is 10. The van der Waals surface area contributed by atoms with Crippen molar-refractivity contribution in [1.82, 2.24) is 5.32 Å². The molecule has 208 valence electrons. The van der Waals surface area contributed by atoms with Gasteiger partial charge in [-0.25, -0.2) is 9.69 Å². The Bertz CT molecular complexity index is 1480. The number of methoxy groups -OCH3 is 1. The smallest absolute Gasteiger partial charge is 0.335 e. The number of imide groups is 2. The van der Waals surface area contributed by atoms with Gasteiger partial charge in [0.1, 0.15) is 17.9 Å². The van der Waals surface area contributed by atoms with Crippen molar-refractivity contribution in [3.05, 3.63) is 84.9 Å². The Balaban J connectivity index is 1.57. The van der Waals surface area contributed by atoms with Crippen molar-refractivity contribution in [2.75, 3.05) is 18.6 Å². The van der Waals surface area contributed by atoms with E-state index in [4.69, 9.17) is 37.4 Å². The number of urea groups is 1. The lowest BCUT2D eigenvalue weighted by Crippen LogP contribution is -2.54. The number of ether oxygens (including phenoxy) is 3. The highest BCUT2D eigenvalue weighted by molar-refractivity contribution is 14.1. The third-order valence-corrected chi connectivity index (χ3v) is 7.43. The molecule has 0 saturated carbocycles. The summed E-state index contributed by atoms with van der Waals surface area (Å²) in [5.41, 5.74) is 1.43. The van der Waals surface area contributed by atoms with Gasteiger partial charge < -0.3 is 14.2 Å². The van der Waals surface area contributed by atoms with Crippen LogP contribution in [0.1, 0.15) is 30.9 Å². The molecule has 3 aromatic rings. The van der Waals surface area contributed by atoms with Crippen molar-refractivity contribution in [3.8, 4) is 17.2 Å². The molecule has 0 bridgehead atoms. The average Bonchev–Trinajstić information content (AvgIpc) is 2.93. The molecule has 1 N–H and O–H groups in total. The number of carbonyl (C=O) groups is 3. The minimum atomic E-state index is -0.829. The van der Waals surface area contributed by atoms with Gasteiger partial charge in [0.2, 0.25) is 0 Å². The molecule has 8 nitrogen and oxygen atoms in total. The molecule has 0 atom stereocenters. The van der Waals surface area contributed by atoms with Gasteiger partial charge in [-0.15, -0.1) is 0 Å². The largest absolute Gasteiger partial charge is 0.494 e. The van der Waals surface area contributed by atoms with Gasteiger partial charge in [-0.05, 0) is 94.7 Å². The summed E-state index contributed by atoms with van der Waals surface area (Å²) >= 11 is 14.2. The van der Waals surface area contributed by atoms with Gasteiger partial charge in [-0.1, -0.05) is 42.6 Å². The Labute approximate surface area is 255 Å². The second-order valence-electron chi connectivity index (χ2n) is 8.73. The molecule has 3 aromatic carbocycles. The lowest BCUT2D eigenvalue weighted by Gasteiger charge is -2.26. The number of amides is 4. The maximum absolute atomic E-state index is 13.3. The van der Waals surface area contributed by atoms with Gasteiger partial charge >= 0.3 is 6.03 Å². The molecule has 4 rings (SSSR count). The van der Waals surface area contributed by atoms with Crippen LogP contribution in [-0.4, -0.2) is 31.6 Å². The van der Waals surface area contributed by atoms with Crippen LogP contribution in [0.3, 0.4) is 0 Å². The molecule has 1 heterocycles. The SMILES string of the molecule is CCCCOc1ccc(N2C(=O)NC(=O)/C(=C/c3cc(I)c(OCc4ccc(Cl)c(Cl)c4)c(OC)c3)C2=O)cc1. The highest BCUT2D eigenvalue weighted by Crippen LogP contribution is 2.36. The van der Waals surface area contributed by atoms with Crippen molar-refractivity contribution >= 4 is 75.4 Å². The summed E-state index contributed by atoms with van der Waals surface area (Å²) in [6.45, 7) is 2.85. The minimum absolute atomic E-state index is 0.204. The standard InChI is InChI=1S/C29H25Cl2IN2O6/c1-3-4-11-39-20-8-6-19(7-9-20)34-28(36)21(27(35)33-29(34)37)12-18-14-24(32)26(25(15-18)38-2)40-16-17-5-10-22(30)23(31)13-17/h5-10,12-15H,3-4,11,16H2,1-2H3,(H,33,35,37)/b21-12-. The van der Waals surface area contributed by atoms with Crippen molar-refractivity contribution in [2.45, 2.75) is 26.4 Å². The Morgan fingerprint density at radius 1 is 0.975 bits per heavy atom. The molecule has 40 heavy (non-hydrogen) atoms. The number of carbonyl (C=O) groups excluding carboxylic acids is 3. The number of halogens is 3. The van der Waals surface area contributed by atoms with E-state index in [1.54, 1.807) is 54.6 Å². The van der Waals surface area contributed by atoms with Crippen LogP contribution in [0.25, 0.3) is 6.08 Å². The van der Waals surface area contributed by atoms with Crippen molar-refractivity contribution < 1.29 is 28.6 Å². The number of barbiturate groups is 1. The molecule has 1 fully saturated rings. The lowest BCUT2D eigenvalue weighted by molar-refractivity contribution is -0.122. The molecule has 1 saturated heterocycles. The van der Waals surface area contributed by atoms with Crippen molar-refractivity contribution in [1.29, 1.82) is 0 Å². The van der Waals surface area contributed by atoms with E-state index in [-0.39, 0.29) is 12.2 Å². The summed E-state index contributed by atoms with van der Waals surface area (Å²) in [5.74, 6) is -0.0399. The quantitative estimate of drug-likeness (QED) is 0.106. The number of nitrogens with zero attached hydrogens (tertiary/aromatic N) is 1. The molecule has 0 aliphatic carbocycles. The number of hydrogen-bond acceptors (Lipinski definition) is 6. The molecule has 11 heteroatoms. The van der Waals surface area contributed by atoms with Gasteiger partial charge in [0.05, 0.1) is 33.0 Å². The summed E-state index contributed by atoms with van der Waals surface area (Å²) in [7, 11) is 1.49. The Morgan fingerprint density at radius 3 is 2.40 bits per heavy atom. The first-order chi connectivity index (χ1) is 19.2. The number of nitrogens with one attached hydrogen (secondary N) is 1. The van der Waals surface area contributed by atoms with E-state index in [1.807, 2.05) is 0 Å². The second kappa shape index (κ2) is 13.4. The Kier molecular flexibility index (Phi) is 9.94. The summed E-state index contributed by atoms with van der Waals surface area (Å²) in [5, 5.41) is 3.11. The van der Waals surface area contributed by atoms with E-state index < -0.39 is 17.8 Å². The normalized spacial score (nSPS) is 14.4. The highest BCUT2D eigenvalue weighted by Gasteiger charge is 2.37. The zero-order valence-electron chi connectivity index (χ0n) is 21.6. The molecule has 0 radical (unpaired) electrons. The molecule has 0 aromatic heterocycles. The topological polar surface area (TPSA) is 94.2 Å². The third-order valence-electron chi connectivity index (χ3n) is 5.89. The summed E-state index contributed by atoms with van der Waals surface area (Å²) in [6.07, 6.45) is 3.33.